The third-order valence-corrected chi connectivity index (χ3v) is 3.53. The second kappa shape index (κ2) is 6.58. The Labute approximate surface area is 124 Å². The van der Waals surface area contributed by atoms with Crippen molar-refractivity contribution in [3.63, 3.8) is 0 Å². The minimum atomic E-state index is -0.0683. The predicted molar refractivity (Wildman–Crippen MR) is 84.4 cm³/mol. The van der Waals surface area contributed by atoms with Crippen LogP contribution in [0.1, 0.15) is 41.3 Å². The number of anilines is 1. The lowest BCUT2D eigenvalue weighted by Gasteiger charge is -2.06. The van der Waals surface area contributed by atoms with Crippen molar-refractivity contribution in [2.45, 2.75) is 26.2 Å². The maximum atomic E-state index is 12.4. The van der Waals surface area contributed by atoms with E-state index in [2.05, 4.69) is 6.92 Å². The molecule has 0 aliphatic rings. The first kappa shape index (κ1) is 14.6. The van der Waals surface area contributed by atoms with Crippen LogP contribution in [0.3, 0.4) is 0 Å². The fourth-order valence-electron chi connectivity index (χ4n) is 2.10. The van der Waals surface area contributed by atoms with Gasteiger partial charge in [0.15, 0.2) is 5.78 Å². The van der Waals surface area contributed by atoms with Crippen molar-refractivity contribution in [1.82, 2.24) is 0 Å². The molecule has 2 aromatic carbocycles. The summed E-state index contributed by atoms with van der Waals surface area (Å²) in [6, 6.07) is 12.7. The molecule has 20 heavy (non-hydrogen) atoms. The van der Waals surface area contributed by atoms with Crippen molar-refractivity contribution in [2.24, 2.45) is 0 Å². The highest BCUT2D eigenvalue weighted by Crippen LogP contribution is 2.21. The Kier molecular flexibility index (Phi) is 4.80. The Balaban J connectivity index is 2.20. The maximum Gasteiger partial charge on any atom is 0.195 e. The number of halogens is 1. The molecule has 0 fully saturated rings. The Morgan fingerprint density at radius 1 is 1.15 bits per heavy atom. The summed E-state index contributed by atoms with van der Waals surface area (Å²) in [6.07, 6.45) is 3.38. The largest absolute Gasteiger partial charge is 0.398 e. The molecule has 0 spiro atoms. The summed E-state index contributed by atoms with van der Waals surface area (Å²) >= 11 is 5.85. The van der Waals surface area contributed by atoms with Crippen LogP contribution in [0.4, 0.5) is 5.69 Å². The number of benzene rings is 2. The number of carbonyl (C=O) groups excluding carboxylic acids is 1. The first-order valence-electron chi connectivity index (χ1n) is 6.80. The van der Waals surface area contributed by atoms with E-state index in [1.54, 1.807) is 18.2 Å². The van der Waals surface area contributed by atoms with Crippen molar-refractivity contribution >= 4 is 23.1 Å². The molecule has 2 nitrogen and oxygen atoms in total. The Bertz CT molecular complexity index is 605. The van der Waals surface area contributed by atoms with Crippen LogP contribution in [0.15, 0.2) is 42.5 Å². The van der Waals surface area contributed by atoms with Gasteiger partial charge in [-0.15, -0.1) is 0 Å². The molecule has 2 N–H and O–H groups in total. The summed E-state index contributed by atoms with van der Waals surface area (Å²) in [4.78, 5) is 12.4. The topological polar surface area (TPSA) is 43.1 Å². The molecule has 0 radical (unpaired) electrons. The SMILES string of the molecule is CCCCc1ccc(C(=O)c2ccc(Cl)cc2N)cc1. The Morgan fingerprint density at radius 3 is 2.45 bits per heavy atom. The van der Waals surface area contributed by atoms with E-state index in [1.165, 1.54) is 12.0 Å². The standard InChI is InChI=1S/C17H18ClNO/c1-2-3-4-12-5-7-13(8-6-12)17(20)15-10-9-14(18)11-16(15)19/h5-11H,2-4,19H2,1H3. The van der Waals surface area contributed by atoms with Crippen LogP contribution in [-0.4, -0.2) is 5.78 Å². The number of rotatable bonds is 5. The quantitative estimate of drug-likeness (QED) is 0.650. The van der Waals surface area contributed by atoms with Crippen LogP contribution in [-0.2, 0) is 6.42 Å². The molecule has 0 unspecified atom stereocenters. The maximum absolute atomic E-state index is 12.4. The molecule has 0 saturated heterocycles. The van der Waals surface area contributed by atoms with Gasteiger partial charge in [-0.1, -0.05) is 49.2 Å². The fraction of sp³-hybridized carbons (Fsp3) is 0.235. The lowest BCUT2D eigenvalue weighted by molar-refractivity contribution is 0.103. The molecular formula is C17H18ClNO. The fourth-order valence-corrected chi connectivity index (χ4v) is 2.28. The van der Waals surface area contributed by atoms with Gasteiger partial charge in [0.05, 0.1) is 0 Å². The van der Waals surface area contributed by atoms with Gasteiger partial charge in [-0.05, 0) is 36.6 Å². The first-order chi connectivity index (χ1) is 9.61. The smallest absolute Gasteiger partial charge is 0.195 e. The van der Waals surface area contributed by atoms with E-state index < -0.39 is 0 Å². The van der Waals surface area contributed by atoms with Crippen molar-refractivity contribution in [2.75, 3.05) is 5.73 Å². The molecule has 0 bridgehead atoms. The van der Waals surface area contributed by atoms with Gasteiger partial charge in [0.25, 0.3) is 0 Å². The van der Waals surface area contributed by atoms with Gasteiger partial charge >= 0.3 is 0 Å². The third kappa shape index (κ3) is 3.40. The second-order valence-electron chi connectivity index (χ2n) is 4.86. The van der Waals surface area contributed by atoms with Crippen molar-refractivity contribution in [3.8, 4) is 0 Å². The van der Waals surface area contributed by atoms with E-state index >= 15 is 0 Å². The second-order valence-corrected chi connectivity index (χ2v) is 5.30. The summed E-state index contributed by atoms with van der Waals surface area (Å²) in [5, 5.41) is 0.536. The van der Waals surface area contributed by atoms with Gasteiger partial charge < -0.3 is 5.73 Å². The first-order valence-corrected chi connectivity index (χ1v) is 7.18. The lowest BCUT2D eigenvalue weighted by Crippen LogP contribution is -2.05. The lowest BCUT2D eigenvalue weighted by atomic mass is 9.99. The van der Waals surface area contributed by atoms with Gasteiger partial charge in [-0.25, -0.2) is 0 Å². The molecular weight excluding hydrogens is 270 g/mol. The van der Waals surface area contributed by atoms with Crippen molar-refractivity contribution in [1.29, 1.82) is 0 Å². The summed E-state index contributed by atoms with van der Waals surface area (Å²) < 4.78 is 0. The minimum Gasteiger partial charge on any atom is -0.398 e. The average molecular weight is 288 g/mol. The van der Waals surface area contributed by atoms with E-state index in [-0.39, 0.29) is 5.78 Å². The van der Waals surface area contributed by atoms with Gasteiger partial charge in [-0.3, -0.25) is 4.79 Å². The van der Waals surface area contributed by atoms with Gasteiger partial charge in [0, 0.05) is 21.8 Å². The number of hydrogen-bond donors (Lipinski definition) is 1. The van der Waals surface area contributed by atoms with E-state index in [0.29, 0.717) is 21.8 Å². The molecule has 0 heterocycles. The highest BCUT2D eigenvalue weighted by Gasteiger charge is 2.12. The minimum absolute atomic E-state index is 0.0683. The zero-order chi connectivity index (χ0) is 14.5. The van der Waals surface area contributed by atoms with E-state index in [0.717, 1.165) is 12.8 Å². The molecule has 0 aliphatic carbocycles. The van der Waals surface area contributed by atoms with Crippen LogP contribution in [0, 0.1) is 0 Å². The normalized spacial score (nSPS) is 10.5. The monoisotopic (exact) mass is 287 g/mol. The number of carbonyl (C=O) groups is 1. The summed E-state index contributed by atoms with van der Waals surface area (Å²) in [5.41, 5.74) is 8.67. The van der Waals surface area contributed by atoms with Gasteiger partial charge in [0.1, 0.15) is 0 Å². The van der Waals surface area contributed by atoms with Crippen LogP contribution in [0.2, 0.25) is 5.02 Å². The zero-order valence-electron chi connectivity index (χ0n) is 11.5. The van der Waals surface area contributed by atoms with Crippen LogP contribution in [0.5, 0.6) is 0 Å². The number of nitrogen functional groups attached to an aromatic ring is 1. The van der Waals surface area contributed by atoms with E-state index in [1.807, 2.05) is 24.3 Å². The highest BCUT2D eigenvalue weighted by molar-refractivity contribution is 6.31. The van der Waals surface area contributed by atoms with E-state index in [9.17, 15) is 4.79 Å². The summed E-state index contributed by atoms with van der Waals surface area (Å²) in [5.74, 6) is -0.0683. The number of ketones is 1. The highest BCUT2D eigenvalue weighted by atomic mass is 35.5. The van der Waals surface area contributed by atoms with Gasteiger partial charge in [0.2, 0.25) is 0 Å². The Hall–Kier alpha value is -1.80. The number of unbranched alkanes of at least 4 members (excludes halogenated alkanes) is 1. The molecule has 0 amide bonds. The molecule has 0 aliphatic heterocycles. The predicted octanol–water partition coefficient (Wildman–Crippen LogP) is 4.50. The Morgan fingerprint density at radius 2 is 1.85 bits per heavy atom. The molecule has 3 heteroatoms. The number of nitrogens with two attached hydrogens (primary N) is 1. The van der Waals surface area contributed by atoms with Crippen LogP contribution in [0.25, 0.3) is 0 Å². The van der Waals surface area contributed by atoms with Crippen LogP contribution < -0.4 is 5.73 Å². The third-order valence-electron chi connectivity index (χ3n) is 3.29. The molecule has 104 valence electrons. The summed E-state index contributed by atoms with van der Waals surface area (Å²) in [6.45, 7) is 2.17. The number of hydrogen-bond acceptors (Lipinski definition) is 2. The van der Waals surface area contributed by atoms with Gasteiger partial charge in [-0.2, -0.15) is 0 Å². The molecule has 0 aromatic heterocycles. The molecule has 0 atom stereocenters. The average Bonchev–Trinajstić information content (AvgIpc) is 2.45. The summed E-state index contributed by atoms with van der Waals surface area (Å²) in [7, 11) is 0. The van der Waals surface area contributed by atoms with Crippen molar-refractivity contribution in [3.05, 3.63) is 64.2 Å². The molecule has 2 rings (SSSR count). The molecule has 0 saturated carbocycles. The zero-order valence-corrected chi connectivity index (χ0v) is 12.3. The van der Waals surface area contributed by atoms with Crippen molar-refractivity contribution < 1.29 is 4.79 Å². The van der Waals surface area contributed by atoms with Crippen LogP contribution >= 0.6 is 11.6 Å². The number of aryl methyl sites for hydroxylation is 1. The van der Waals surface area contributed by atoms with E-state index in [4.69, 9.17) is 17.3 Å². The molecule has 2 aromatic rings.